The molecule has 84 valence electrons. The SMILES string of the molecule is CCC(CC)C(Br)c1ccc(Cl)cc1Cl. The summed E-state index contributed by atoms with van der Waals surface area (Å²) in [6.45, 7) is 4.40. The van der Waals surface area contributed by atoms with E-state index in [9.17, 15) is 0 Å². The highest BCUT2D eigenvalue weighted by Gasteiger charge is 2.19. The molecule has 1 aromatic rings. The highest BCUT2D eigenvalue weighted by atomic mass is 79.9. The molecule has 0 radical (unpaired) electrons. The normalized spacial score (nSPS) is 13.2. The summed E-state index contributed by atoms with van der Waals surface area (Å²) in [6.07, 6.45) is 2.29. The molecule has 3 heteroatoms. The number of hydrogen-bond acceptors (Lipinski definition) is 0. The zero-order chi connectivity index (χ0) is 11.4. The molecule has 15 heavy (non-hydrogen) atoms. The standard InChI is InChI=1S/C12H15BrCl2/c1-3-8(4-2)12(13)10-6-5-9(14)7-11(10)15/h5-8,12H,3-4H2,1-2H3. The maximum absolute atomic E-state index is 6.17. The molecule has 1 rings (SSSR count). The predicted molar refractivity (Wildman–Crippen MR) is 72.2 cm³/mol. The Balaban J connectivity index is 2.94. The molecule has 0 nitrogen and oxygen atoms in total. The van der Waals surface area contributed by atoms with Crippen molar-refractivity contribution in [2.75, 3.05) is 0 Å². The van der Waals surface area contributed by atoms with Crippen LogP contribution in [0.5, 0.6) is 0 Å². The first kappa shape index (κ1) is 13.3. The molecule has 0 aliphatic heterocycles. The van der Waals surface area contributed by atoms with Crippen molar-refractivity contribution in [3.05, 3.63) is 33.8 Å². The highest BCUT2D eigenvalue weighted by Crippen LogP contribution is 2.39. The van der Waals surface area contributed by atoms with E-state index in [1.54, 1.807) is 6.07 Å². The summed E-state index contributed by atoms with van der Waals surface area (Å²) < 4.78 is 0. The van der Waals surface area contributed by atoms with E-state index in [1.807, 2.05) is 12.1 Å². The van der Waals surface area contributed by atoms with Crippen LogP contribution in [-0.2, 0) is 0 Å². The molecule has 0 amide bonds. The Morgan fingerprint density at radius 1 is 1.20 bits per heavy atom. The topological polar surface area (TPSA) is 0 Å². The van der Waals surface area contributed by atoms with Gasteiger partial charge in [-0.15, -0.1) is 0 Å². The average molecular weight is 310 g/mol. The molecular formula is C12H15BrCl2. The van der Waals surface area contributed by atoms with Gasteiger partial charge in [-0.2, -0.15) is 0 Å². The Morgan fingerprint density at radius 3 is 2.27 bits per heavy atom. The molecule has 1 unspecified atom stereocenters. The van der Waals surface area contributed by atoms with E-state index in [4.69, 9.17) is 23.2 Å². The Bertz CT molecular complexity index is 321. The summed E-state index contributed by atoms with van der Waals surface area (Å²) >= 11 is 15.8. The molecule has 1 atom stereocenters. The first-order chi connectivity index (χ1) is 7.10. The molecule has 1 aromatic carbocycles. The van der Waals surface area contributed by atoms with Crippen molar-refractivity contribution < 1.29 is 0 Å². The third kappa shape index (κ3) is 3.37. The molecule has 0 bridgehead atoms. The molecule has 0 spiro atoms. The van der Waals surface area contributed by atoms with Crippen LogP contribution in [0.2, 0.25) is 10.0 Å². The number of halogens is 3. The van der Waals surface area contributed by atoms with Gasteiger partial charge in [0.25, 0.3) is 0 Å². The minimum atomic E-state index is 0.317. The summed E-state index contributed by atoms with van der Waals surface area (Å²) in [4.78, 5) is 0.317. The molecule has 0 fully saturated rings. The molecule has 0 heterocycles. The van der Waals surface area contributed by atoms with Gasteiger partial charge in [0.1, 0.15) is 0 Å². The molecule has 0 saturated heterocycles. The molecule has 0 aliphatic rings. The second-order valence-corrected chi connectivity index (χ2v) is 5.47. The van der Waals surface area contributed by atoms with E-state index in [-0.39, 0.29) is 0 Å². The van der Waals surface area contributed by atoms with Crippen molar-refractivity contribution in [3.8, 4) is 0 Å². The maximum atomic E-state index is 6.17. The summed E-state index contributed by atoms with van der Waals surface area (Å²) in [5.41, 5.74) is 1.13. The van der Waals surface area contributed by atoms with E-state index in [2.05, 4.69) is 29.8 Å². The fourth-order valence-corrected chi connectivity index (χ4v) is 3.49. The van der Waals surface area contributed by atoms with Gasteiger partial charge in [0.2, 0.25) is 0 Å². The van der Waals surface area contributed by atoms with Crippen molar-refractivity contribution in [2.24, 2.45) is 5.92 Å². The monoisotopic (exact) mass is 308 g/mol. The van der Waals surface area contributed by atoms with E-state index < -0.39 is 0 Å². The Hall–Kier alpha value is 0.280. The average Bonchev–Trinajstić information content (AvgIpc) is 2.19. The van der Waals surface area contributed by atoms with Crippen molar-refractivity contribution in [2.45, 2.75) is 31.5 Å². The minimum absolute atomic E-state index is 0.317. The molecule has 0 aliphatic carbocycles. The van der Waals surface area contributed by atoms with Crippen LogP contribution < -0.4 is 0 Å². The first-order valence-electron chi connectivity index (χ1n) is 5.19. The van der Waals surface area contributed by atoms with E-state index >= 15 is 0 Å². The fraction of sp³-hybridized carbons (Fsp3) is 0.500. The van der Waals surface area contributed by atoms with Crippen molar-refractivity contribution in [3.63, 3.8) is 0 Å². The lowest BCUT2D eigenvalue weighted by Gasteiger charge is -2.21. The quantitative estimate of drug-likeness (QED) is 0.610. The largest absolute Gasteiger partial charge is 0.0843 e. The highest BCUT2D eigenvalue weighted by molar-refractivity contribution is 9.09. The lowest BCUT2D eigenvalue weighted by Crippen LogP contribution is -2.05. The van der Waals surface area contributed by atoms with Crippen LogP contribution in [0.3, 0.4) is 0 Å². The van der Waals surface area contributed by atoms with Gasteiger partial charge in [-0.25, -0.2) is 0 Å². The van der Waals surface area contributed by atoms with Crippen molar-refractivity contribution >= 4 is 39.1 Å². The van der Waals surface area contributed by atoms with E-state index in [0.29, 0.717) is 15.8 Å². The molecule has 0 saturated carbocycles. The number of rotatable bonds is 4. The van der Waals surface area contributed by atoms with Crippen LogP contribution in [0.25, 0.3) is 0 Å². The van der Waals surface area contributed by atoms with Gasteiger partial charge in [0.05, 0.1) is 0 Å². The van der Waals surface area contributed by atoms with E-state index in [1.165, 1.54) is 0 Å². The Kier molecular flexibility index (Phi) is 5.45. The number of hydrogen-bond donors (Lipinski definition) is 0. The molecular weight excluding hydrogens is 295 g/mol. The van der Waals surface area contributed by atoms with Crippen LogP contribution in [0.4, 0.5) is 0 Å². The second-order valence-electron chi connectivity index (χ2n) is 3.64. The van der Waals surface area contributed by atoms with Gasteiger partial charge < -0.3 is 0 Å². The third-order valence-corrected chi connectivity index (χ3v) is 4.53. The van der Waals surface area contributed by atoms with Crippen LogP contribution in [0.15, 0.2) is 18.2 Å². The van der Waals surface area contributed by atoms with Crippen LogP contribution in [0, 0.1) is 5.92 Å². The van der Waals surface area contributed by atoms with Gasteiger partial charge in [-0.3, -0.25) is 0 Å². The second kappa shape index (κ2) is 6.12. The van der Waals surface area contributed by atoms with Crippen LogP contribution >= 0.6 is 39.1 Å². The van der Waals surface area contributed by atoms with Crippen LogP contribution in [-0.4, -0.2) is 0 Å². The zero-order valence-corrected chi connectivity index (χ0v) is 12.0. The minimum Gasteiger partial charge on any atom is -0.0843 e. The number of benzene rings is 1. The Labute approximate surface area is 110 Å². The smallest absolute Gasteiger partial charge is 0.0464 e. The molecule has 0 aromatic heterocycles. The lowest BCUT2D eigenvalue weighted by atomic mass is 9.94. The summed E-state index contributed by atoms with van der Waals surface area (Å²) in [5.74, 6) is 0.615. The third-order valence-electron chi connectivity index (χ3n) is 2.72. The predicted octanol–water partition coefficient (Wildman–Crippen LogP) is 5.87. The van der Waals surface area contributed by atoms with Gasteiger partial charge in [0, 0.05) is 14.9 Å². The number of alkyl halides is 1. The van der Waals surface area contributed by atoms with Crippen LogP contribution in [0.1, 0.15) is 37.1 Å². The maximum Gasteiger partial charge on any atom is 0.0464 e. The van der Waals surface area contributed by atoms with Gasteiger partial charge in [-0.1, -0.05) is 71.9 Å². The van der Waals surface area contributed by atoms with Gasteiger partial charge in [-0.05, 0) is 23.6 Å². The van der Waals surface area contributed by atoms with Crippen molar-refractivity contribution in [1.82, 2.24) is 0 Å². The summed E-state index contributed by atoms with van der Waals surface area (Å²) in [7, 11) is 0. The fourth-order valence-electron chi connectivity index (χ4n) is 1.68. The lowest BCUT2D eigenvalue weighted by molar-refractivity contribution is 0.487. The van der Waals surface area contributed by atoms with Crippen molar-refractivity contribution in [1.29, 1.82) is 0 Å². The summed E-state index contributed by atoms with van der Waals surface area (Å²) in [5, 5.41) is 1.43. The Morgan fingerprint density at radius 2 is 1.80 bits per heavy atom. The molecule has 0 N–H and O–H groups in total. The van der Waals surface area contributed by atoms with Gasteiger partial charge in [0.15, 0.2) is 0 Å². The zero-order valence-electron chi connectivity index (χ0n) is 8.93. The summed E-state index contributed by atoms with van der Waals surface area (Å²) in [6, 6.07) is 5.69. The van der Waals surface area contributed by atoms with E-state index in [0.717, 1.165) is 23.4 Å². The first-order valence-corrected chi connectivity index (χ1v) is 6.86. The van der Waals surface area contributed by atoms with Gasteiger partial charge >= 0.3 is 0 Å².